The summed E-state index contributed by atoms with van der Waals surface area (Å²) in [7, 11) is 0. The quantitative estimate of drug-likeness (QED) is 0.435. The Bertz CT molecular complexity index is 1040. The molecule has 0 spiro atoms. The van der Waals surface area contributed by atoms with Gasteiger partial charge in [0.25, 0.3) is 0 Å². The van der Waals surface area contributed by atoms with E-state index in [0.717, 1.165) is 47.7 Å². The summed E-state index contributed by atoms with van der Waals surface area (Å²) in [4.78, 5) is 25.2. The van der Waals surface area contributed by atoms with Crippen LogP contribution in [0.3, 0.4) is 0 Å². The molecule has 2 aromatic rings. The zero-order valence-corrected chi connectivity index (χ0v) is 19.8. The zero-order chi connectivity index (χ0) is 22.7. The van der Waals surface area contributed by atoms with Crippen LogP contribution in [0.15, 0.2) is 28.5 Å². The fraction of sp³-hybridized carbons (Fsp3) is 0.560. The SMILES string of the molecule is C/C(=N\OCC(C)(C)CO/N=C1\CCCc2ccc(C)nc21)c1nc(C)cc(C2CC2)n1. The lowest BCUT2D eigenvalue weighted by molar-refractivity contribution is -0.000178. The lowest BCUT2D eigenvalue weighted by Gasteiger charge is -2.22. The lowest BCUT2D eigenvalue weighted by Crippen LogP contribution is -2.25. The number of hydrogen-bond acceptors (Lipinski definition) is 7. The van der Waals surface area contributed by atoms with E-state index in [0.29, 0.717) is 30.7 Å². The summed E-state index contributed by atoms with van der Waals surface area (Å²) >= 11 is 0. The van der Waals surface area contributed by atoms with Crippen molar-refractivity contribution in [1.82, 2.24) is 15.0 Å². The molecule has 2 aliphatic rings. The van der Waals surface area contributed by atoms with Gasteiger partial charge in [-0.05, 0) is 70.6 Å². The number of aryl methyl sites for hydroxylation is 3. The second kappa shape index (κ2) is 9.35. The number of nitrogens with zero attached hydrogens (tertiary/aromatic N) is 5. The van der Waals surface area contributed by atoms with Gasteiger partial charge in [-0.25, -0.2) is 9.97 Å². The summed E-state index contributed by atoms with van der Waals surface area (Å²) in [6.07, 6.45) is 5.43. The second-order valence-electron chi connectivity index (χ2n) is 9.77. The molecule has 7 nitrogen and oxygen atoms in total. The average Bonchev–Trinajstić information content (AvgIpc) is 3.59. The number of pyridine rings is 1. The van der Waals surface area contributed by atoms with Crippen molar-refractivity contribution in [2.24, 2.45) is 15.7 Å². The summed E-state index contributed by atoms with van der Waals surface area (Å²) in [5, 5.41) is 8.70. The Morgan fingerprint density at radius 1 is 1.03 bits per heavy atom. The number of fused-ring (bicyclic) bond motifs is 1. The van der Waals surface area contributed by atoms with Crippen LogP contribution in [-0.4, -0.2) is 39.6 Å². The van der Waals surface area contributed by atoms with Crippen molar-refractivity contribution < 1.29 is 9.68 Å². The van der Waals surface area contributed by atoms with Crippen molar-refractivity contribution in [2.45, 2.75) is 72.6 Å². The van der Waals surface area contributed by atoms with Gasteiger partial charge in [0.15, 0.2) is 5.82 Å². The van der Waals surface area contributed by atoms with E-state index in [1.807, 2.05) is 20.8 Å². The van der Waals surface area contributed by atoms with Crippen LogP contribution in [0.25, 0.3) is 0 Å². The van der Waals surface area contributed by atoms with Crippen LogP contribution in [0.4, 0.5) is 0 Å². The number of aromatic nitrogens is 3. The van der Waals surface area contributed by atoms with Crippen molar-refractivity contribution in [3.05, 3.63) is 52.4 Å². The largest absolute Gasteiger partial charge is 0.395 e. The molecule has 0 saturated heterocycles. The van der Waals surface area contributed by atoms with Gasteiger partial charge in [-0.3, -0.25) is 4.98 Å². The predicted octanol–water partition coefficient (Wildman–Crippen LogP) is 4.89. The van der Waals surface area contributed by atoms with Gasteiger partial charge in [-0.1, -0.05) is 30.2 Å². The third-order valence-electron chi connectivity index (χ3n) is 5.73. The highest BCUT2D eigenvalue weighted by Gasteiger charge is 2.26. The first-order valence-electron chi connectivity index (χ1n) is 11.5. The summed E-state index contributed by atoms with van der Waals surface area (Å²) in [6.45, 7) is 10.9. The molecule has 1 saturated carbocycles. The van der Waals surface area contributed by atoms with Gasteiger partial charge in [-0.15, -0.1) is 0 Å². The van der Waals surface area contributed by atoms with Gasteiger partial charge in [0, 0.05) is 28.4 Å². The van der Waals surface area contributed by atoms with E-state index in [2.05, 4.69) is 57.3 Å². The number of rotatable bonds is 8. The molecule has 32 heavy (non-hydrogen) atoms. The second-order valence-corrected chi connectivity index (χ2v) is 9.77. The average molecular weight is 436 g/mol. The number of hydrogen-bond donors (Lipinski definition) is 0. The third-order valence-corrected chi connectivity index (χ3v) is 5.73. The van der Waals surface area contributed by atoms with Crippen LogP contribution in [0.1, 0.15) is 86.5 Å². The molecule has 0 atom stereocenters. The maximum Gasteiger partial charge on any atom is 0.177 e. The minimum absolute atomic E-state index is 0.252. The molecule has 0 aromatic carbocycles. The monoisotopic (exact) mass is 435 g/mol. The zero-order valence-electron chi connectivity index (χ0n) is 19.8. The number of oxime groups is 2. The molecule has 0 radical (unpaired) electrons. The molecule has 7 heteroatoms. The Hall–Kier alpha value is -2.83. The highest BCUT2D eigenvalue weighted by molar-refractivity contribution is 6.00. The topological polar surface area (TPSA) is 81.9 Å². The maximum absolute atomic E-state index is 5.74. The normalized spacial score (nSPS) is 17.9. The van der Waals surface area contributed by atoms with Crippen molar-refractivity contribution in [3.8, 4) is 0 Å². The molecule has 2 heterocycles. The minimum Gasteiger partial charge on any atom is -0.395 e. The summed E-state index contributed by atoms with van der Waals surface area (Å²) in [5.74, 6) is 1.23. The van der Waals surface area contributed by atoms with E-state index in [4.69, 9.17) is 9.68 Å². The molecule has 2 aromatic heterocycles. The van der Waals surface area contributed by atoms with E-state index >= 15 is 0 Å². The smallest absolute Gasteiger partial charge is 0.177 e. The van der Waals surface area contributed by atoms with Crippen LogP contribution < -0.4 is 0 Å². The van der Waals surface area contributed by atoms with E-state index in [-0.39, 0.29) is 5.41 Å². The van der Waals surface area contributed by atoms with E-state index in [1.54, 1.807) is 0 Å². The van der Waals surface area contributed by atoms with Crippen molar-refractivity contribution in [3.63, 3.8) is 0 Å². The van der Waals surface area contributed by atoms with E-state index in [1.165, 1.54) is 18.4 Å². The molecule has 1 fully saturated rings. The summed E-state index contributed by atoms with van der Waals surface area (Å²) in [5.41, 5.74) is 6.68. The van der Waals surface area contributed by atoms with Crippen molar-refractivity contribution in [1.29, 1.82) is 0 Å². The van der Waals surface area contributed by atoms with Gasteiger partial charge in [0.05, 0.1) is 5.69 Å². The molecular weight excluding hydrogens is 402 g/mol. The molecule has 0 bridgehead atoms. The van der Waals surface area contributed by atoms with Crippen molar-refractivity contribution >= 4 is 11.4 Å². The molecule has 170 valence electrons. The highest BCUT2D eigenvalue weighted by Crippen LogP contribution is 2.39. The van der Waals surface area contributed by atoms with Crippen LogP contribution >= 0.6 is 0 Å². The molecule has 0 aliphatic heterocycles. The summed E-state index contributed by atoms with van der Waals surface area (Å²) in [6, 6.07) is 6.27. The Kier molecular flexibility index (Phi) is 6.53. The summed E-state index contributed by atoms with van der Waals surface area (Å²) < 4.78 is 0. The molecule has 2 aliphatic carbocycles. The van der Waals surface area contributed by atoms with Crippen molar-refractivity contribution in [2.75, 3.05) is 13.2 Å². The Morgan fingerprint density at radius 2 is 1.81 bits per heavy atom. The first-order chi connectivity index (χ1) is 15.3. The first kappa shape index (κ1) is 22.4. The maximum atomic E-state index is 5.74. The van der Waals surface area contributed by atoms with Crippen LogP contribution in [0, 0.1) is 19.3 Å². The lowest BCUT2D eigenvalue weighted by atomic mass is 9.94. The van der Waals surface area contributed by atoms with Gasteiger partial charge >= 0.3 is 0 Å². The van der Waals surface area contributed by atoms with Gasteiger partial charge in [-0.2, -0.15) is 0 Å². The molecular formula is C25H33N5O2. The Balaban J connectivity index is 1.32. The standard InChI is InChI=1S/C25H33N5O2/c1-16-9-10-20-7-6-8-21(23(20)26-16)30-32-15-25(4,5)14-31-29-18(3)24-27-17(2)13-22(28-24)19-11-12-19/h9-10,13,19H,6-8,11-12,14-15H2,1-5H3/b29-18+,30-21+. The molecule has 0 N–H and O–H groups in total. The fourth-order valence-electron chi connectivity index (χ4n) is 3.70. The Labute approximate surface area is 190 Å². The Morgan fingerprint density at radius 3 is 2.59 bits per heavy atom. The highest BCUT2D eigenvalue weighted by atomic mass is 16.6. The minimum atomic E-state index is -0.252. The predicted molar refractivity (Wildman–Crippen MR) is 125 cm³/mol. The van der Waals surface area contributed by atoms with Gasteiger partial charge in [0.2, 0.25) is 0 Å². The fourth-order valence-corrected chi connectivity index (χ4v) is 3.70. The van der Waals surface area contributed by atoms with Crippen LogP contribution in [0.5, 0.6) is 0 Å². The first-order valence-corrected chi connectivity index (χ1v) is 11.5. The van der Waals surface area contributed by atoms with E-state index in [9.17, 15) is 0 Å². The van der Waals surface area contributed by atoms with E-state index < -0.39 is 0 Å². The molecule has 0 amide bonds. The third kappa shape index (κ3) is 5.69. The molecule has 0 unspecified atom stereocenters. The van der Waals surface area contributed by atoms with Crippen LogP contribution in [0.2, 0.25) is 0 Å². The van der Waals surface area contributed by atoms with Crippen LogP contribution in [-0.2, 0) is 16.1 Å². The van der Waals surface area contributed by atoms with Gasteiger partial charge in [0.1, 0.15) is 24.6 Å². The van der Waals surface area contributed by atoms with Gasteiger partial charge < -0.3 is 9.68 Å². The molecule has 4 rings (SSSR count).